The van der Waals surface area contributed by atoms with Gasteiger partial charge in [0, 0.05) is 18.4 Å². The van der Waals surface area contributed by atoms with Crippen LogP contribution in [0.4, 0.5) is 0 Å². The second-order valence-corrected chi connectivity index (χ2v) is 4.30. The van der Waals surface area contributed by atoms with Gasteiger partial charge in [0.1, 0.15) is 5.82 Å². The van der Waals surface area contributed by atoms with Gasteiger partial charge in [-0.1, -0.05) is 6.92 Å². The standard InChI is InChI=1S/C10H16N4O2/c1-2-7-12-8(14-13-7)9(16)11-5-10(6-15)3-4-10/h15H,2-6H2,1H3,(H,11,16)(H,12,13,14). The number of aryl methyl sites for hydroxylation is 1. The smallest absolute Gasteiger partial charge is 0.290 e. The van der Waals surface area contributed by atoms with Gasteiger partial charge in [0.05, 0.1) is 6.61 Å². The van der Waals surface area contributed by atoms with Crippen molar-refractivity contribution in [3.05, 3.63) is 11.6 Å². The molecule has 6 nitrogen and oxygen atoms in total. The molecule has 0 aromatic carbocycles. The van der Waals surface area contributed by atoms with Gasteiger partial charge in [0.15, 0.2) is 0 Å². The Hall–Kier alpha value is -1.43. The molecule has 1 saturated carbocycles. The topological polar surface area (TPSA) is 90.9 Å². The van der Waals surface area contributed by atoms with Gasteiger partial charge in [-0.05, 0) is 12.8 Å². The van der Waals surface area contributed by atoms with E-state index >= 15 is 0 Å². The molecule has 1 aromatic heterocycles. The fraction of sp³-hybridized carbons (Fsp3) is 0.700. The van der Waals surface area contributed by atoms with Gasteiger partial charge >= 0.3 is 0 Å². The van der Waals surface area contributed by atoms with E-state index in [0.717, 1.165) is 19.3 Å². The molecule has 3 N–H and O–H groups in total. The number of rotatable bonds is 5. The Kier molecular flexibility index (Phi) is 2.91. The minimum atomic E-state index is -0.282. The first kappa shape index (κ1) is 11.1. The third-order valence-electron chi connectivity index (χ3n) is 2.99. The Bertz CT molecular complexity index is 384. The molecule has 1 aromatic rings. The second kappa shape index (κ2) is 4.21. The van der Waals surface area contributed by atoms with Crippen LogP contribution in [0.2, 0.25) is 0 Å². The van der Waals surface area contributed by atoms with Gasteiger partial charge in [-0.15, -0.1) is 5.10 Å². The van der Waals surface area contributed by atoms with Crippen LogP contribution >= 0.6 is 0 Å². The number of aliphatic hydroxyl groups is 1. The summed E-state index contributed by atoms with van der Waals surface area (Å²) in [7, 11) is 0. The fourth-order valence-corrected chi connectivity index (χ4v) is 1.47. The monoisotopic (exact) mass is 224 g/mol. The Morgan fingerprint density at radius 1 is 1.62 bits per heavy atom. The number of amides is 1. The van der Waals surface area contributed by atoms with Crippen molar-refractivity contribution in [2.75, 3.05) is 13.2 Å². The molecule has 1 amide bonds. The van der Waals surface area contributed by atoms with Crippen LogP contribution in [0.25, 0.3) is 0 Å². The van der Waals surface area contributed by atoms with E-state index < -0.39 is 0 Å². The zero-order valence-electron chi connectivity index (χ0n) is 9.29. The van der Waals surface area contributed by atoms with Gasteiger partial charge in [0.25, 0.3) is 5.91 Å². The predicted octanol–water partition coefficient (Wildman–Crippen LogP) is -0.131. The van der Waals surface area contributed by atoms with E-state index in [-0.39, 0.29) is 23.8 Å². The summed E-state index contributed by atoms with van der Waals surface area (Å²) in [6, 6.07) is 0. The van der Waals surface area contributed by atoms with Crippen LogP contribution in [0, 0.1) is 5.41 Å². The maximum atomic E-state index is 11.6. The lowest BCUT2D eigenvalue weighted by Gasteiger charge is -2.11. The van der Waals surface area contributed by atoms with Gasteiger partial charge in [-0.25, -0.2) is 4.98 Å². The third kappa shape index (κ3) is 2.21. The predicted molar refractivity (Wildman–Crippen MR) is 56.8 cm³/mol. The summed E-state index contributed by atoms with van der Waals surface area (Å²) in [5, 5.41) is 18.4. The van der Waals surface area contributed by atoms with Crippen molar-refractivity contribution in [3.63, 3.8) is 0 Å². The van der Waals surface area contributed by atoms with E-state index in [1.54, 1.807) is 0 Å². The number of carbonyl (C=O) groups is 1. The van der Waals surface area contributed by atoms with Gasteiger partial charge < -0.3 is 10.4 Å². The van der Waals surface area contributed by atoms with Crippen molar-refractivity contribution in [2.45, 2.75) is 26.2 Å². The summed E-state index contributed by atoms with van der Waals surface area (Å²) < 4.78 is 0. The Balaban J connectivity index is 1.88. The summed E-state index contributed by atoms with van der Waals surface area (Å²) >= 11 is 0. The summed E-state index contributed by atoms with van der Waals surface area (Å²) in [5.41, 5.74) is -0.0838. The lowest BCUT2D eigenvalue weighted by atomic mass is 10.1. The average Bonchev–Trinajstić information content (AvgIpc) is 2.94. The van der Waals surface area contributed by atoms with Crippen LogP contribution in [-0.2, 0) is 6.42 Å². The van der Waals surface area contributed by atoms with E-state index in [4.69, 9.17) is 5.11 Å². The number of H-pyrrole nitrogens is 1. The minimum absolute atomic E-state index is 0.0838. The normalized spacial score (nSPS) is 17.1. The van der Waals surface area contributed by atoms with Crippen molar-refractivity contribution < 1.29 is 9.90 Å². The highest BCUT2D eigenvalue weighted by molar-refractivity contribution is 5.90. The molecular weight excluding hydrogens is 208 g/mol. The number of nitrogens with zero attached hydrogens (tertiary/aromatic N) is 2. The molecule has 0 aliphatic heterocycles. The Morgan fingerprint density at radius 2 is 2.38 bits per heavy atom. The van der Waals surface area contributed by atoms with Gasteiger partial charge in [0.2, 0.25) is 5.82 Å². The second-order valence-electron chi connectivity index (χ2n) is 4.30. The zero-order valence-corrected chi connectivity index (χ0v) is 9.29. The number of aromatic nitrogens is 3. The number of nitrogens with one attached hydrogen (secondary N) is 2. The van der Waals surface area contributed by atoms with E-state index in [9.17, 15) is 4.79 Å². The van der Waals surface area contributed by atoms with Crippen molar-refractivity contribution in [1.29, 1.82) is 0 Å². The number of aromatic amines is 1. The van der Waals surface area contributed by atoms with E-state index in [2.05, 4.69) is 20.5 Å². The molecule has 0 atom stereocenters. The molecule has 1 heterocycles. The summed E-state index contributed by atoms with van der Waals surface area (Å²) in [5.74, 6) is 0.592. The maximum absolute atomic E-state index is 11.6. The average molecular weight is 224 g/mol. The first-order chi connectivity index (χ1) is 7.69. The summed E-state index contributed by atoms with van der Waals surface area (Å²) in [6.45, 7) is 2.56. The highest BCUT2D eigenvalue weighted by atomic mass is 16.3. The molecule has 1 aliphatic carbocycles. The lowest BCUT2D eigenvalue weighted by Crippen LogP contribution is -2.32. The molecule has 16 heavy (non-hydrogen) atoms. The first-order valence-electron chi connectivity index (χ1n) is 5.49. The first-order valence-corrected chi connectivity index (χ1v) is 5.49. The fourth-order valence-electron chi connectivity index (χ4n) is 1.47. The lowest BCUT2D eigenvalue weighted by molar-refractivity contribution is 0.0925. The Labute approximate surface area is 93.5 Å². The van der Waals surface area contributed by atoms with Crippen LogP contribution in [0.15, 0.2) is 0 Å². The third-order valence-corrected chi connectivity index (χ3v) is 2.99. The molecule has 0 radical (unpaired) electrons. The SMILES string of the molecule is CCc1nc(C(=O)NCC2(CO)CC2)n[nH]1. The maximum Gasteiger partial charge on any atom is 0.290 e. The largest absolute Gasteiger partial charge is 0.396 e. The number of carbonyl (C=O) groups excluding carboxylic acids is 1. The molecule has 6 heteroatoms. The molecule has 0 spiro atoms. The van der Waals surface area contributed by atoms with Gasteiger partial charge in [-0.3, -0.25) is 9.89 Å². The molecule has 1 aliphatic rings. The summed E-state index contributed by atoms with van der Waals surface area (Å²) in [6.07, 6.45) is 2.66. The minimum Gasteiger partial charge on any atom is -0.396 e. The molecule has 2 rings (SSSR count). The van der Waals surface area contributed by atoms with Crippen molar-refractivity contribution >= 4 is 5.91 Å². The quantitative estimate of drug-likeness (QED) is 0.649. The van der Waals surface area contributed by atoms with E-state index in [1.807, 2.05) is 6.92 Å². The van der Waals surface area contributed by atoms with Gasteiger partial charge in [-0.2, -0.15) is 0 Å². The number of hydrogen-bond acceptors (Lipinski definition) is 4. The molecule has 1 fully saturated rings. The molecule has 0 bridgehead atoms. The molecular formula is C10H16N4O2. The van der Waals surface area contributed by atoms with Crippen LogP contribution in [0.3, 0.4) is 0 Å². The van der Waals surface area contributed by atoms with Crippen LogP contribution in [-0.4, -0.2) is 39.3 Å². The highest BCUT2D eigenvalue weighted by Crippen LogP contribution is 2.44. The number of aliphatic hydroxyl groups excluding tert-OH is 1. The van der Waals surface area contributed by atoms with E-state index in [1.165, 1.54) is 0 Å². The highest BCUT2D eigenvalue weighted by Gasteiger charge is 2.42. The van der Waals surface area contributed by atoms with Crippen LogP contribution in [0.5, 0.6) is 0 Å². The molecule has 88 valence electrons. The van der Waals surface area contributed by atoms with Crippen LogP contribution < -0.4 is 5.32 Å². The van der Waals surface area contributed by atoms with Crippen molar-refractivity contribution in [3.8, 4) is 0 Å². The van der Waals surface area contributed by atoms with Crippen molar-refractivity contribution in [2.24, 2.45) is 5.41 Å². The molecule has 0 saturated heterocycles. The van der Waals surface area contributed by atoms with Crippen molar-refractivity contribution in [1.82, 2.24) is 20.5 Å². The number of hydrogen-bond donors (Lipinski definition) is 3. The molecule has 0 unspecified atom stereocenters. The Morgan fingerprint density at radius 3 is 2.88 bits per heavy atom. The van der Waals surface area contributed by atoms with Crippen LogP contribution in [0.1, 0.15) is 36.2 Å². The summed E-state index contributed by atoms with van der Waals surface area (Å²) in [4.78, 5) is 15.7. The van der Waals surface area contributed by atoms with E-state index in [0.29, 0.717) is 12.4 Å². The zero-order chi connectivity index (χ0) is 11.6.